The van der Waals surface area contributed by atoms with Crippen LogP contribution in [0.1, 0.15) is 40.0 Å². The third-order valence-electron chi connectivity index (χ3n) is 3.45. The van der Waals surface area contributed by atoms with E-state index in [1.165, 1.54) is 0 Å². The fraction of sp³-hybridized carbons (Fsp3) is 0.833. The lowest BCUT2D eigenvalue weighted by molar-refractivity contribution is -0.140. The Labute approximate surface area is 102 Å². The molecule has 0 aromatic carbocycles. The summed E-state index contributed by atoms with van der Waals surface area (Å²) in [5.41, 5.74) is 0. The largest absolute Gasteiger partial charge is 0.480 e. The third kappa shape index (κ3) is 4.24. The minimum Gasteiger partial charge on any atom is -0.480 e. The molecule has 17 heavy (non-hydrogen) atoms. The first-order chi connectivity index (χ1) is 7.95. The lowest BCUT2D eigenvalue weighted by atomic mass is 9.99. The second kappa shape index (κ2) is 5.89. The van der Waals surface area contributed by atoms with E-state index in [0.717, 1.165) is 19.3 Å². The van der Waals surface area contributed by atoms with Crippen LogP contribution in [0.15, 0.2) is 0 Å². The van der Waals surface area contributed by atoms with Crippen molar-refractivity contribution in [3.05, 3.63) is 0 Å². The van der Waals surface area contributed by atoms with Crippen molar-refractivity contribution in [3.8, 4) is 0 Å². The molecule has 1 aliphatic carbocycles. The Hall–Kier alpha value is -1.26. The van der Waals surface area contributed by atoms with E-state index in [2.05, 4.69) is 10.6 Å². The maximum absolute atomic E-state index is 11.6. The topological polar surface area (TPSA) is 78.4 Å². The van der Waals surface area contributed by atoms with Crippen molar-refractivity contribution in [2.75, 3.05) is 0 Å². The number of urea groups is 1. The number of carboxylic acid groups (broad SMARTS) is 1. The Balaban J connectivity index is 2.42. The zero-order valence-electron chi connectivity index (χ0n) is 10.7. The van der Waals surface area contributed by atoms with Crippen LogP contribution in [0.2, 0.25) is 0 Å². The Morgan fingerprint density at radius 3 is 2.29 bits per heavy atom. The van der Waals surface area contributed by atoms with Crippen molar-refractivity contribution in [1.29, 1.82) is 0 Å². The molecule has 1 fully saturated rings. The van der Waals surface area contributed by atoms with Gasteiger partial charge in [-0.1, -0.05) is 20.3 Å². The molecule has 0 spiro atoms. The van der Waals surface area contributed by atoms with Gasteiger partial charge >= 0.3 is 12.0 Å². The maximum atomic E-state index is 11.6. The molecule has 5 heteroatoms. The number of carboxylic acids is 1. The summed E-state index contributed by atoms with van der Waals surface area (Å²) in [7, 11) is 0. The molecule has 1 saturated carbocycles. The van der Waals surface area contributed by atoms with Crippen LogP contribution in [0.3, 0.4) is 0 Å². The van der Waals surface area contributed by atoms with E-state index in [-0.39, 0.29) is 18.0 Å². The molecule has 1 aliphatic rings. The summed E-state index contributed by atoms with van der Waals surface area (Å²) in [5.74, 6) is -0.490. The van der Waals surface area contributed by atoms with Gasteiger partial charge in [0.05, 0.1) is 0 Å². The Bertz CT molecular complexity index is 289. The molecule has 3 atom stereocenters. The highest BCUT2D eigenvalue weighted by Crippen LogP contribution is 2.32. The molecule has 5 nitrogen and oxygen atoms in total. The molecule has 2 unspecified atom stereocenters. The second-order valence-corrected chi connectivity index (χ2v) is 4.95. The molecule has 2 amide bonds. The van der Waals surface area contributed by atoms with Crippen molar-refractivity contribution in [1.82, 2.24) is 10.6 Å². The molecule has 0 bridgehead atoms. The quantitative estimate of drug-likeness (QED) is 0.661. The molecule has 0 saturated heterocycles. The van der Waals surface area contributed by atoms with Gasteiger partial charge in [0.1, 0.15) is 6.04 Å². The van der Waals surface area contributed by atoms with Crippen LogP contribution in [0.4, 0.5) is 4.79 Å². The lowest BCUT2D eigenvalue weighted by Crippen LogP contribution is -2.51. The Morgan fingerprint density at radius 2 is 1.88 bits per heavy atom. The highest BCUT2D eigenvalue weighted by molar-refractivity contribution is 5.82. The molecule has 0 aromatic heterocycles. The monoisotopic (exact) mass is 242 g/mol. The number of rotatable bonds is 6. The first-order valence-corrected chi connectivity index (χ1v) is 6.25. The number of hydrogen-bond acceptors (Lipinski definition) is 2. The summed E-state index contributed by atoms with van der Waals surface area (Å²) >= 11 is 0. The smallest absolute Gasteiger partial charge is 0.326 e. The highest BCUT2D eigenvalue weighted by Gasteiger charge is 2.30. The standard InChI is InChI=1S/C12H22N2O3/c1-4-7(2)10(11(15)16)14-12(17)13-8(3)9-5-6-9/h7-10H,4-6H2,1-3H3,(H,15,16)(H2,13,14,17)/t7?,8?,10-/m0/s1. The van der Waals surface area contributed by atoms with Gasteiger partial charge in [0, 0.05) is 6.04 Å². The van der Waals surface area contributed by atoms with Crippen molar-refractivity contribution < 1.29 is 14.7 Å². The summed E-state index contributed by atoms with van der Waals surface area (Å²) in [5, 5.41) is 14.4. The molecule has 0 aliphatic heterocycles. The highest BCUT2D eigenvalue weighted by atomic mass is 16.4. The Morgan fingerprint density at radius 1 is 1.29 bits per heavy atom. The molecule has 0 radical (unpaired) electrons. The average Bonchev–Trinajstić information content (AvgIpc) is 3.08. The van der Waals surface area contributed by atoms with Crippen LogP contribution in [0.5, 0.6) is 0 Å². The van der Waals surface area contributed by atoms with Crippen molar-refractivity contribution in [3.63, 3.8) is 0 Å². The van der Waals surface area contributed by atoms with E-state index in [4.69, 9.17) is 5.11 Å². The van der Waals surface area contributed by atoms with Crippen LogP contribution >= 0.6 is 0 Å². The minimum atomic E-state index is -0.978. The van der Waals surface area contributed by atoms with Gasteiger partial charge in [0.15, 0.2) is 0 Å². The third-order valence-corrected chi connectivity index (χ3v) is 3.45. The number of aliphatic carboxylic acids is 1. The van der Waals surface area contributed by atoms with E-state index in [1.54, 1.807) is 0 Å². The minimum absolute atomic E-state index is 0.0746. The van der Waals surface area contributed by atoms with Gasteiger partial charge in [-0.3, -0.25) is 0 Å². The van der Waals surface area contributed by atoms with Crippen molar-refractivity contribution >= 4 is 12.0 Å². The van der Waals surface area contributed by atoms with Crippen LogP contribution in [0, 0.1) is 11.8 Å². The predicted molar refractivity (Wildman–Crippen MR) is 64.7 cm³/mol. The number of hydrogen-bond donors (Lipinski definition) is 3. The van der Waals surface area contributed by atoms with Crippen LogP contribution in [0.25, 0.3) is 0 Å². The van der Waals surface area contributed by atoms with Crippen molar-refractivity contribution in [2.24, 2.45) is 11.8 Å². The summed E-state index contributed by atoms with van der Waals surface area (Å²) in [6.07, 6.45) is 3.01. The summed E-state index contributed by atoms with van der Waals surface area (Å²) in [6.45, 7) is 5.69. The molecule has 3 N–H and O–H groups in total. The van der Waals surface area contributed by atoms with Gasteiger partial charge < -0.3 is 15.7 Å². The fourth-order valence-electron chi connectivity index (χ4n) is 1.79. The fourth-order valence-corrected chi connectivity index (χ4v) is 1.79. The molecule has 1 rings (SSSR count). The van der Waals surface area contributed by atoms with Gasteiger partial charge in [-0.05, 0) is 31.6 Å². The van der Waals surface area contributed by atoms with Gasteiger partial charge in [0.2, 0.25) is 0 Å². The van der Waals surface area contributed by atoms with Gasteiger partial charge in [0.25, 0.3) is 0 Å². The first-order valence-electron chi connectivity index (χ1n) is 6.25. The predicted octanol–water partition coefficient (Wildman–Crippen LogP) is 1.58. The van der Waals surface area contributed by atoms with E-state index < -0.39 is 12.0 Å². The van der Waals surface area contributed by atoms with E-state index in [9.17, 15) is 9.59 Å². The SMILES string of the molecule is CCC(C)[C@H](NC(=O)NC(C)C1CC1)C(=O)O. The second-order valence-electron chi connectivity index (χ2n) is 4.95. The molecule has 98 valence electrons. The zero-order chi connectivity index (χ0) is 13.0. The average molecular weight is 242 g/mol. The van der Waals surface area contributed by atoms with E-state index in [1.807, 2.05) is 20.8 Å². The van der Waals surface area contributed by atoms with Crippen LogP contribution in [-0.2, 0) is 4.79 Å². The summed E-state index contributed by atoms with van der Waals surface area (Å²) in [4.78, 5) is 22.7. The van der Waals surface area contributed by atoms with Crippen LogP contribution < -0.4 is 10.6 Å². The molecular weight excluding hydrogens is 220 g/mol. The van der Waals surface area contributed by atoms with Gasteiger partial charge in [-0.25, -0.2) is 9.59 Å². The lowest BCUT2D eigenvalue weighted by Gasteiger charge is -2.22. The van der Waals surface area contributed by atoms with E-state index >= 15 is 0 Å². The Kier molecular flexibility index (Phi) is 4.78. The van der Waals surface area contributed by atoms with Gasteiger partial charge in [-0.15, -0.1) is 0 Å². The first kappa shape index (κ1) is 13.8. The number of nitrogens with one attached hydrogen (secondary N) is 2. The molecular formula is C12H22N2O3. The van der Waals surface area contributed by atoms with Crippen molar-refractivity contribution in [2.45, 2.75) is 52.1 Å². The maximum Gasteiger partial charge on any atom is 0.326 e. The number of carbonyl (C=O) groups is 2. The normalized spacial score (nSPS) is 20.2. The summed E-state index contributed by atoms with van der Waals surface area (Å²) < 4.78 is 0. The molecule has 0 heterocycles. The van der Waals surface area contributed by atoms with Gasteiger partial charge in [-0.2, -0.15) is 0 Å². The van der Waals surface area contributed by atoms with Crippen LogP contribution in [-0.4, -0.2) is 29.2 Å². The number of amides is 2. The molecule has 0 aromatic rings. The summed E-state index contributed by atoms with van der Waals surface area (Å²) in [6, 6.07) is -1.06. The zero-order valence-corrected chi connectivity index (χ0v) is 10.7. The number of carbonyl (C=O) groups excluding carboxylic acids is 1. The van der Waals surface area contributed by atoms with E-state index in [0.29, 0.717) is 5.92 Å².